The first kappa shape index (κ1) is 14.0. The first-order valence-corrected chi connectivity index (χ1v) is 6.74. The van der Waals surface area contributed by atoms with Crippen molar-refractivity contribution in [3.05, 3.63) is 0 Å². The summed E-state index contributed by atoms with van der Waals surface area (Å²) in [6.07, 6.45) is 9.37. The molecule has 0 amide bonds. The summed E-state index contributed by atoms with van der Waals surface area (Å²) in [6.45, 7) is 3.97. The quantitative estimate of drug-likeness (QED) is 0.600. The van der Waals surface area contributed by atoms with Gasteiger partial charge in [0.25, 0.3) is 0 Å². The van der Waals surface area contributed by atoms with Gasteiger partial charge in [0, 0.05) is 19.6 Å². The Morgan fingerprint density at radius 1 is 1.12 bits per heavy atom. The highest BCUT2D eigenvalue weighted by molar-refractivity contribution is 4.85. The molecule has 1 aliphatic rings. The molecule has 16 heavy (non-hydrogen) atoms. The zero-order chi connectivity index (χ0) is 11.9. The van der Waals surface area contributed by atoms with E-state index in [4.69, 9.17) is 9.47 Å². The molecule has 1 rings (SSSR count). The summed E-state index contributed by atoms with van der Waals surface area (Å²) in [5.41, 5.74) is 0.282. The summed E-state index contributed by atoms with van der Waals surface area (Å²) in [6, 6.07) is 0. The third kappa shape index (κ3) is 4.06. The number of rotatable bonds is 9. The van der Waals surface area contributed by atoms with Crippen LogP contribution in [0.1, 0.15) is 51.9 Å². The molecule has 0 radical (unpaired) electrons. The zero-order valence-corrected chi connectivity index (χ0v) is 11.3. The molecule has 0 saturated heterocycles. The monoisotopic (exact) mass is 228 g/mol. The van der Waals surface area contributed by atoms with Crippen LogP contribution in [0.15, 0.2) is 0 Å². The maximum Gasteiger partial charge on any atom is 0.0540 e. The first-order valence-electron chi connectivity index (χ1n) is 6.74. The molecule has 0 aromatic rings. The average molecular weight is 228 g/mol. The van der Waals surface area contributed by atoms with E-state index < -0.39 is 0 Å². The Kier molecular flexibility index (Phi) is 6.37. The minimum Gasteiger partial charge on any atom is -0.384 e. The molecule has 2 nitrogen and oxygen atoms in total. The predicted molar refractivity (Wildman–Crippen MR) is 67.7 cm³/mol. The summed E-state index contributed by atoms with van der Waals surface area (Å²) in [4.78, 5) is 0. The SMILES string of the molecule is CCCCC(COC)(COC)CC1CCC1. The predicted octanol–water partition coefficient (Wildman–Crippen LogP) is 3.65. The van der Waals surface area contributed by atoms with Gasteiger partial charge in [-0.05, 0) is 18.8 Å². The number of hydrogen-bond donors (Lipinski definition) is 0. The van der Waals surface area contributed by atoms with Gasteiger partial charge in [-0.25, -0.2) is 0 Å². The van der Waals surface area contributed by atoms with Crippen LogP contribution in [0.3, 0.4) is 0 Å². The Labute approximate surface area is 101 Å². The van der Waals surface area contributed by atoms with Gasteiger partial charge in [0.05, 0.1) is 13.2 Å². The number of methoxy groups -OCH3 is 2. The van der Waals surface area contributed by atoms with E-state index in [1.165, 1.54) is 44.9 Å². The molecule has 2 heteroatoms. The van der Waals surface area contributed by atoms with Crippen LogP contribution in [-0.4, -0.2) is 27.4 Å². The Hall–Kier alpha value is -0.0800. The minimum atomic E-state index is 0.282. The van der Waals surface area contributed by atoms with Crippen LogP contribution in [0.4, 0.5) is 0 Å². The second kappa shape index (κ2) is 7.29. The summed E-state index contributed by atoms with van der Waals surface area (Å²) in [5, 5.41) is 0. The van der Waals surface area contributed by atoms with Gasteiger partial charge in [-0.2, -0.15) is 0 Å². The van der Waals surface area contributed by atoms with Crippen LogP contribution in [0.2, 0.25) is 0 Å². The van der Waals surface area contributed by atoms with E-state index in [0.717, 1.165) is 19.1 Å². The van der Waals surface area contributed by atoms with E-state index in [2.05, 4.69) is 6.92 Å². The Balaban J connectivity index is 2.51. The Bertz CT molecular complexity index is 170. The van der Waals surface area contributed by atoms with E-state index in [-0.39, 0.29) is 5.41 Å². The lowest BCUT2D eigenvalue weighted by Gasteiger charge is -2.39. The van der Waals surface area contributed by atoms with Gasteiger partial charge in [0.1, 0.15) is 0 Å². The summed E-state index contributed by atoms with van der Waals surface area (Å²) in [5.74, 6) is 0.933. The third-order valence-electron chi connectivity index (χ3n) is 3.91. The molecule has 0 unspecified atom stereocenters. The molecule has 0 spiro atoms. The fourth-order valence-corrected chi connectivity index (χ4v) is 2.88. The van der Waals surface area contributed by atoms with Crippen molar-refractivity contribution in [1.29, 1.82) is 0 Å². The van der Waals surface area contributed by atoms with Crippen LogP contribution in [-0.2, 0) is 9.47 Å². The van der Waals surface area contributed by atoms with Gasteiger partial charge in [0.15, 0.2) is 0 Å². The molecule has 0 aromatic carbocycles. The van der Waals surface area contributed by atoms with Gasteiger partial charge in [-0.3, -0.25) is 0 Å². The fourth-order valence-electron chi connectivity index (χ4n) is 2.88. The molecule has 0 aliphatic heterocycles. The van der Waals surface area contributed by atoms with Crippen molar-refractivity contribution in [2.45, 2.75) is 51.9 Å². The summed E-state index contributed by atoms with van der Waals surface area (Å²) < 4.78 is 10.9. The highest BCUT2D eigenvalue weighted by Gasteiger charge is 2.34. The van der Waals surface area contributed by atoms with Crippen LogP contribution < -0.4 is 0 Å². The number of ether oxygens (including phenoxy) is 2. The van der Waals surface area contributed by atoms with Gasteiger partial charge in [-0.15, -0.1) is 0 Å². The van der Waals surface area contributed by atoms with Gasteiger partial charge in [-0.1, -0.05) is 39.0 Å². The van der Waals surface area contributed by atoms with E-state index in [0.29, 0.717) is 0 Å². The van der Waals surface area contributed by atoms with Crippen molar-refractivity contribution >= 4 is 0 Å². The van der Waals surface area contributed by atoms with Crippen LogP contribution in [0.25, 0.3) is 0 Å². The van der Waals surface area contributed by atoms with Crippen molar-refractivity contribution in [2.24, 2.45) is 11.3 Å². The maximum absolute atomic E-state index is 5.45. The molecular weight excluding hydrogens is 200 g/mol. The Morgan fingerprint density at radius 3 is 2.12 bits per heavy atom. The van der Waals surface area contributed by atoms with Crippen molar-refractivity contribution in [1.82, 2.24) is 0 Å². The maximum atomic E-state index is 5.45. The van der Waals surface area contributed by atoms with Crippen molar-refractivity contribution in [3.63, 3.8) is 0 Å². The highest BCUT2D eigenvalue weighted by atomic mass is 16.5. The second-order valence-electron chi connectivity index (χ2n) is 5.47. The standard InChI is InChI=1S/C14H28O2/c1-4-5-9-14(11-15-2,12-16-3)10-13-7-6-8-13/h13H,4-12H2,1-3H3. The molecule has 96 valence electrons. The van der Waals surface area contributed by atoms with E-state index >= 15 is 0 Å². The molecular formula is C14H28O2. The highest BCUT2D eigenvalue weighted by Crippen LogP contribution is 2.40. The molecule has 1 fully saturated rings. The van der Waals surface area contributed by atoms with Crippen molar-refractivity contribution in [2.75, 3.05) is 27.4 Å². The Morgan fingerprint density at radius 2 is 1.75 bits per heavy atom. The fraction of sp³-hybridized carbons (Fsp3) is 1.00. The van der Waals surface area contributed by atoms with E-state index in [9.17, 15) is 0 Å². The van der Waals surface area contributed by atoms with Gasteiger partial charge in [0.2, 0.25) is 0 Å². The van der Waals surface area contributed by atoms with Crippen molar-refractivity contribution in [3.8, 4) is 0 Å². The van der Waals surface area contributed by atoms with Gasteiger partial charge >= 0.3 is 0 Å². The lowest BCUT2D eigenvalue weighted by Crippen LogP contribution is -2.35. The number of hydrogen-bond acceptors (Lipinski definition) is 2. The first-order chi connectivity index (χ1) is 7.76. The molecule has 1 saturated carbocycles. The molecule has 0 heterocycles. The molecule has 0 aromatic heterocycles. The third-order valence-corrected chi connectivity index (χ3v) is 3.91. The normalized spacial score (nSPS) is 17.4. The molecule has 0 N–H and O–H groups in total. The number of unbranched alkanes of at least 4 members (excludes halogenated alkanes) is 1. The second-order valence-corrected chi connectivity index (χ2v) is 5.47. The molecule has 0 bridgehead atoms. The van der Waals surface area contributed by atoms with Crippen LogP contribution in [0, 0.1) is 11.3 Å². The minimum absolute atomic E-state index is 0.282. The average Bonchev–Trinajstić information content (AvgIpc) is 2.22. The van der Waals surface area contributed by atoms with Crippen LogP contribution in [0.5, 0.6) is 0 Å². The zero-order valence-electron chi connectivity index (χ0n) is 11.3. The molecule has 0 atom stereocenters. The molecule has 1 aliphatic carbocycles. The summed E-state index contributed by atoms with van der Waals surface area (Å²) >= 11 is 0. The van der Waals surface area contributed by atoms with Gasteiger partial charge < -0.3 is 9.47 Å². The van der Waals surface area contributed by atoms with Crippen LogP contribution >= 0.6 is 0 Å². The summed E-state index contributed by atoms with van der Waals surface area (Å²) in [7, 11) is 3.63. The lowest BCUT2D eigenvalue weighted by molar-refractivity contribution is -0.0205. The topological polar surface area (TPSA) is 18.5 Å². The lowest BCUT2D eigenvalue weighted by atomic mass is 9.70. The largest absolute Gasteiger partial charge is 0.384 e. The van der Waals surface area contributed by atoms with E-state index in [1.807, 2.05) is 14.2 Å². The van der Waals surface area contributed by atoms with Crippen molar-refractivity contribution < 1.29 is 9.47 Å². The van der Waals surface area contributed by atoms with E-state index in [1.54, 1.807) is 0 Å². The smallest absolute Gasteiger partial charge is 0.0540 e.